The number of rotatable bonds is 5. The van der Waals surface area contributed by atoms with E-state index in [0.29, 0.717) is 6.04 Å². The van der Waals surface area contributed by atoms with Crippen LogP contribution in [0, 0.1) is 11.6 Å². The number of nitrogens with one attached hydrogen (secondary N) is 2. The molecule has 1 aliphatic rings. The van der Waals surface area contributed by atoms with Crippen molar-refractivity contribution in [3.63, 3.8) is 0 Å². The minimum Gasteiger partial charge on any atom is -0.352 e. The number of benzene rings is 2. The lowest BCUT2D eigenvalue weighted by Crippen LogP contribution is -2.47. The Morgan fingerprint density at radius 1 is 1.23 bits per heavy atom. The van der Waals surface area contributed by atoms with Crippen molar-refractivity contribution in [2.24, 2.45) is 0 Å². The van der Waals surface area contributed by atoms with Gasteiger partial charge in [-0.3, -0.25) is 4.79 Å². The van der Waals surface area contributed by atoms with E-state index in [1.807, 2.05) is 30.3 Å². The van der Waals surface area contributed by atoms with Crippen LogP contribution in [0.1, 0.15) is 30.6 Å². The number of piperidine rings is 1. The molecular formula is C20H22F2N2OS. The predicted octanol–water partition coefficient (Wildman–Crippen LogP) is 4.05. The lowest BCUT2D eigenvalue weighted by atomic mass is 10.00. The second-order valence-corrected chi connectivity index (χ2v) is 7.72. The molecule has 1 aliphatic heterocycles. The molecule has 0 aromatic heterocycles. The molecule has 0 spiro atoms. The van der Waals surface area contributed by atoms with Crippen molar-refractivity contribution in [2.75, 3.05) is 6.54 Å². The molecule has 26 heavy (non-hydrogen) atoms. The molecule has 1 saturated heterocycles. The Bertz CT molecular complexity index is 757. The summed E-state index contributed by atoms with van der Waals surface area (Å²) in [6.07, 6.45) is 1.73. The molecule has 2 aromatic carbocycles. The number of amides is 1. The van der Waals surface area contributed by atoms with Crippen molar-refractivity contribution < 1.29 is 13.6 Å². The molecule has 3 rings (SSSR count). The first-order chi connectivity index (χ1) is 12.5. The summed E-state index contributed by atoms with van der Waals surface area (Å²) < 4.78 is 27.3. The Kier molecular flexibility index (Phi) is 6.27. The van der Waals surface area contributed by atoms with Crippen LogP contribution in [0.15, 0.2) is 53.4 Å². The molecule has 3 unspecified atom stereocenters. The van der Waals surface area contributed by atoms with Gasteiger partial charge >= 0.3 is 0 Å². The highest BCUT2D eigenvalue weighted by atomic mass is 32.2. The zero-order valence-corrected chi connectivity index (χ0v) is 15.4. The molecular weight excluding hydrogens is 354 g/mol. The normalized spacial score (nSPS) is 21.2. The number of carbonyl (C=O) groups is 1. The standard InChI is InChI=1S/C20H22F2N2OS/c1-13-11-16(9-10-23-13)24-20(25)19(14-5-3-2-4-6-14)26-18-8-7-15(21)12-17(18)22/h2-8,12-13,16,19,23H,9-11H2,1H3,(H,24,25). The molecule has 1 fully saturated rings. The molecule has 2 aromatic rings. The molecule has 138 valence electrons. The Morgan fingerprint density at radius 3 is 2.69 bits per heavy atom. The van der Waals surface area contributed by atoms with E-state index < -0.39 is 16.9 Å². The van der Waals surface area contributed by atoms with Gasteiger partial charge in [-0.1, -0.05) is 30.3 Å². The number of thioether (sulfide) groups is 1. The summed E-state index contributed by atoms with van der Waals surface area (Å²) in [5.41, 5.74) is 0.792. The lowest BCUT2D eigenvalue weighted by molar-refractivity contribution is -0.121. The summed E-state index contributed by atoms with van der Waals surface area (Å²) in [5, 5.41) is 5.86. The second-order valence-electron chi connectivity index (χ2n) is 6.57. The fourth-order valence-electron chi connectivity index (χ4n) is 3.14. The van der Waals surface area contributed by atoms with Crippen LogP contribution < -0.4 is 10.6 Å². The number of halogens is 2. The van der Waals surface area contributed by atoms with E-state index >= 15 is 0 Å². The molecule has 0 bridgehead atoms. The molecule has 0 radical (unpaired) electrons. The Balaban J connectivity index is 1.80. The molecule has 3 nitrogen and oxygen atoms in total. The molecule has 6 heteroatoms. The van der Waals surface area contributed by atoms with Gasteiger partial charge in [0.05, 0.1) is 0 Å². The smallest absolute Gasteiger partial charge is 0.238 e. The fraction of sp³-hybridized carbons (Fsp3) is 0.350. The Hall–Kier alpha value is -1.92. The molecule has 2 N–H and O–H groups in total. The van der Waals surface area contributed by atoms with Gasteiger partial charge in [-0.15, -0.1) is 11.8 Å². The fourth-order valence-corrected chi connectivity index (χ4v) is 4.18. The van der Waals surface area contributed by atoms with Crippen LogP contribution >= 0.6 is 11.8 Å². The van der Waals surface area contributed by atoms with Crippen molar-refractivity contribution >= 4 is 17.7 Å². The average molecular weight is 376 g/mol. The monoisotopic (exact) mass is 376 g/mol. The van der Waals surface area contributed by atoms with Crippen LogP contribution in [-0.4, -0.2) is 24.5 Å². The van der Waals surface area contributed by atoms with Gasteiger partial charge < -0.3 is 10.6 Å². The summed E-state index contributed by atoms with van der Waals surface area (Å²) in [6, 6.07) is 13.2. The van der Waals surface area contributed by atoms with Gasteiger partial charge in [-0.2, -0.15) is 0 Å². The van der Waals surface area contributed by atoms with Crippen LogP contribution in [0.2, 0.25) is 0 Å². The molecule has 1 heterocycles. The van der Waals surface area contributed by atoms with E-state index in [-0.39, 0.29) is 16.8 Å². The van der Waals surface area contributed by atoms with Gasteiger partial charge in [0.25, 0.3) is 0 Å². The van der Waals surface area contributed by atoms with Crippen molar-refractivity contribution in [3.05, 3.63) is 65.7 Å². The van der Waals surface area contributed by atoms with Crippen LogP contribution in [0.5, 0.6) is 0 Å². The van der Waals surface area contributed by atoms with Crippen molar-refractivity contribution in [1.82, 2.24) is 10.6 Å². The quantitative estimate of drug-likeness (QED) is 0.774. The summed E-state index contributed by atoms with van der Waals surface area (Å²) >= 11 is 1.11. The van der Waals surface area contributed by atoms with Crippen LogP contribution in [0.25, 0.3) is 0 Å². The first kappa shape index (κ1) is 18.9. The van der Waals surface area contributed by atoms with Gasteiger partial charge in [0.15, 0.2) is 0 Å². The van der Waals surface area contributed by atoms with E-state index in [1.54, 1.807) is 0 Å². The number of carbonyl (C=O) groups excluding carboxylic acids is 1. The average Bonchev–Trinajstić information content (AvgIpc) is 2.62. The highest BCUT2D eigenvalue weighted by molar-refractivity contribution is 8.00. The largest absolute Gasteiger partial charge is 0.352 e. The highest BCUT2D eigenvalue weighted by Crippen LogP contribution is 2.37. The minimum atomic E-state index is -0.654. The first-order valence-electron chi connectivity index (χ1n) is 8.73. The number of hydrogen-bond acceptors (Lipinski definition) is 3. The lowest BCUT2D eigenvalue weighted by Gasteiger charge is -2.30. The predicted molar refractivity (Wildman–Crippen MR) is 100 cm³/mol. The van der Waals surface area contributed by atoms with E-state index in [2.05, 4.69) is 17.6 Å². The van der Waals surface area contributed by atoms with E-state index in [1.165, 1.54) is 12.1 Å². The summed E-state index contributed by atoms with van der Waals surface area (Å²) in [7, 11) is 0. The van der Waals surface area contributed by atoms with E-state index in [4.69, 9.17) is 0 Å². The molecule has 0 saturated carbocycles. The highest BCUT2D eigenvalue weighted by Gasteiger charge is 2.27. The second kappa shape index (κ2) is 8.64. The maximum absolute atomic E-state index is 14.1. The number of hydrogen-bond donors (Lipinski definition) is 2. The third kappa shape index (κ3) is 4.83. The van der Waals surface area contributed by atoms with Gasteiger partial charge in [0, 0.05) is 23.0 Å². The third-order valence-corrected chi connectivity index (χ3v) is 5.76. The topological polar surface area (TPSA) is 41.1 Å². The molecule has 0 aliphatic carbocycles. The third-order valence-electron chi connectivity index (χ3n) is 4.45. The van der Waals surface area contributed by atoms with Gasteiger partial charge in [0.1, 0.15) is 16.9 Å². The van der Waals surface area contributed by atoms with Crippen molar-refractivity contribution in [1.29, 1.82) is 0 Å². The summed E-state index contributed by atoms with van der Waals surface area (Å²) in [6.45, 7) is 2.96. The van der Waals surface area contributed by atoms with Gasteiger partial charge in [-0.25, -0.2) is 8.78 Å². The Morgan fingerprint density at radius 2 is 2.00 bits per heavy atom. The van der Waals surface area contributed by atoms with Crippen molar-refractivity contribution in [3.8, 4) is 0 Å². The van der Waals surface area contributed by atoms with Crippen LogP contribution in [-0.2, 0) is 4.79 Å². The summed E-state index contributed by atoms with van der Waals surface area (Å²) in [4.78, 5) is 13.2. The SMILES string of the molecule is CC1CC(NC(=O)C(Sc2ccc(F)cc2F)c2ccccc2)CCN1. The van der Waals surface area contributed by atoms with E-state index in [0.717, 1.165) is 42.8 Å². The maximum Gasteiger partial charge on any atom is 0.238 e. The van der Waals surface area contributed by atoms with Gasteiger partial charge in [0.2, 0.25) is 5.91 Å². The van der Waals surface area contributed by atoms with Crippen molar-refractivity contribution in [2.45, 2.75) is 42.0 Å². The van der Waals surface area contributed by atoms with Crippen LogP contribution in [0.4, 0.5) is 8.78 Å². The maximum atomic E-state index is 14.1. The van der Waals surface area contributed by atoms with Crippen LogP contribution in [0.3, 0.4) is 0 Å². The molecule has 3 atom stereocenters. The zero-order valence-electron chi connectivity index (χ0n) is 14.5. The summed E-state index contributed by atoms with van der Waals surface area (Å²) in [5.74, 6) is -1.43. The minimum absolute atomic E-state index is 0.101. The zero-order chi connectivity index (χ0) is 18.5. The first-order valence-corrected chi connectivity index (χ1v) is 9.61. The Labute approximate surface area is 156 Å². The molecule has 1 amide bonds. The van der Waals surface area contributed by atoms with E-state index in [9.17, 15) is 13.6 Å². The van der Waals surface area contributed by atoms with Gasteiger partial charge in [-0.05, 0) is 44.0 Å².